The van der Waals surface area contributed by atoms with E-state index in [1.165, 1.54) is 11.0 Å². The fraction of sp³-hybridized carbons (Fsp3) is 0.188. The van der Waals surface area contributed by atoms with Crippen molar-refractivity contribution in [2.45, 2.75) is 13.5 Å². The number of rotatable bonds is 5. The van der Waals surface area contributed by atoms with Crippen molar-refractivity contribution in [1.82, 2.24) is 0 Å². The van der Waals surface area contributed by atoms with E-state index in [1.54, 1.807) is 18.2 Å². The van der Waals surface area contributed by atoms with Crippen LogP contribution in [-0.2, 0) is 11.3 Å². The maximum absolute atomic E-state index is 13.9. The molecule has 0 bridgehead atoms. The Kier molecular flexibility index (Phi) is 4.35. The van der Waals surface area contributed by atoms with Crippen LogP contribution in [-0.4, -0.2) is 17.6 Å². The minimum atomic E-state index is -0.984. The largest absolute Gasteiger partial charge is 0.480 e. The lowest BCUT2D eigenvalue weighted by Crippen LogP contribution is -2.30. The Morgan fingerprint density at radius 3 is 2.45 bits per heavy atom. The molecule has 2 aromatic rings. The number of carboxylic acids is 1. The molecule has 0 saturated heterocycles. The molecular weight excluding hydrogens is 257 g/mol. The molecule has 4 heteroatoms. The van der Waals surface area contributed by atoms with Gasteiger partial charge < -0.3 is 10.0 Å². The van der Waals surface area contributed by atoms with E-state index in [1.807, 2.05) is 31.2 Å². The fourth-order valence-corrected chi connectivity index (χ4v) is 2.09. The molecule has 2 rings (SSSR count). The predicted molar refractivity (Wildman–Crippen MR) is 76.3 cm³/mol. The Hall–Kier alpha value is -2.36. The zero-order chi connectivity index (χ0) is 14.5. The van der Waals surface area contributed by atoms with Crippen LogP contribution in [0.5, 0.6) is 0 Å². The van der Waals surface area contributed by atoms with Gasteiger partial charge in [0.25, 0.3) is 0 Å². The number of benzene rings is 2. The average molecular weight is 273 g/mol. The molecule has 3 nitrogen and oxygen atoms in total. The minimum absolute atomic E-state index is 0.241. The van der Waals surface area contributed by atoms with E-state index in [-0.39, 0.29) is 6.54 Å². The Bertz CT molecular complexity index is 613. The van der Waals surface area contributed by atoms with Gasteiger partial charge in [0.2, 0.25) is 0 Å². The van der Waals surface area contributed by atoms with Gasteiger partial charge in [0, 0.05) is 6.54 Å². The number of hydrogen-bond acceptors (Lipinski definition) is 2. The van der Waals surface area contributed by atoms with Gasteiger partial charge in [-0.15, -0.1) is 0 Å². The molecule has 0 aliphatic heterocycles. The van der Waals surface area contributed by atoms with Crippen molar-refractivity contribution >= 4 is 11.7 Å². The van der Waals surface area contributed by atoms with E-state index < -0.39 is 11.8 Å². The van der Waals surface area contributed by atoms with Crippen LogP contribution in [0, 0.1) is 12.7 Å². The van der Waals surface area contributed by atoms with Crippen LogP contribution >= 0.6 is 0 Å². The second kappa shape index (κ2) is 6.19. The van der Waals surface area contributed by atoms with Gasteiger partial charge in [0.05, 0.1) is 5.69 Å². The number of aryl methyl sites for hydroxylation is 1. The second-order valence-corrected chi connectivity index (χ2v) is 4.63. The first-order valence-electron chi connectivity index (χ1n) is 6.33. The number of carbonyl (C=O) groups is 1. The zero-order valence-electron chi connectivity index (χ0n) is 11.2. The highest BCUT2D eigenvalue weighted by molar-refractivity contribution is 5.73. The minimum Gasteiger partial charge on any atom is -0.480 e. The summed E-state index contributed by atoms with van der Waals surface area (Å²) in [6.07, 6.45) is 0. The van der Waals surface area contributed by atoms with Gasteiger partial charge in [-0.05, 0) is 30.2 Å². The van der Waals surface area contributed by atoms with Gasteiger partial charge in [-0.2, -0.15) is 0 Å². The highest BCUT2D eigenvalue weighted by Gasteiger charge is 2.15. The summed E-state index contributed by atoms with van der Waals surface area (Å²) in [7, 11) is 0. The topological polar surface area (TPSA) is 40.5 Å². The number of nitrogens with zero attached hydrogens (tertiary/aromatic N) is 1. The van der Waals surface area contributed by atoms with E-state index in [0.29, 0.717) is 12.2 Å². The standard InChI is InChI=1S/C16H16FNO2/c1-12-6-2-3-7-13(12)10-18(11-16(19)20)15-9-5-4-8-14(15)17/h2-9H,10-11H2,1H3,(H,19,20). The molecule has 104 valence electrons. The van der Waals surface area contributed by atoms with E-state index in [9.17, 15) is 9.18 Å². The van der Waals surface area contributed by atoms with Crippen LogP contribution in [0.1, 0.15) is 11.1 Å². The summed E-state index contributed by atoms with van der Waals surface area (Å²) in [6, 6.07) is 13.9. The van der Waals surface area contributed by atoms with Gasteiger partial charge in [-0.3, -0.25) is 4.79 Å². The molecule has 0 unspecified atom stereocenters. The number of anilines is 1. The average Bonchev–Trinajstić information content (AvgIpc) is 2.40. The van der Waals surface area contributed by atoms with Gasteiger partial charge in [0.15, 0.2) is 0 Å². The van der Waals surface area contributed by atoms with E-state index in [2.05, 4.69) is 0 Å². The molecule has 0 aromatic heterocycles. The van der Waals surface area contributed by atoms with Crippen LogP contribution in [0.25, 0.3) is 0 Å². The number of carboxylic acid groups (broad SMARTS) is 1. The number of para-hydroxylation sites is 1. The summed E-state index contributed by atoms with van der Waals surface area (Å²) < 4.78 is 13.9. The van der Waals surface area contributed by atoms with Crippen LogP contribution < -0.4 is 4.90 Å². The molecule has 2 aromatic carbocycles. The first-order chi connectivity index (χ1) is 9.58. The fourth-order valence-electron chi connectivity index (χ4n) is 2.09. The summed E-state index contributed by atoms with van der Waals surface area (Å²) in [5.41, 5.74) is 2.34. The first kappa shape index (κ1) is 14.1. The van der Waals surface area contributed by atoms with Crippen LogP contribution in [0.3, 0.4) is 0 Å². The van der Waals surface area contributed by atoms with E-state index in [4.69, 9.17) is 5.11 Å². The first-order valence-corrected chi connectivity index (χ1v) is 6.33. The van der Waals surface area contributed by atoms with Crippen molar-refractivity contribution in [2.24, 2.45) is 0 Å². The normalized spacial score (nSPS) is 10.3. The zero-order valence-corrected chi connectivity index (χ0v) is 11.2. The number of hydrogen-bond donors (Lipinski definition) is 1. The summed E-state index contributed by atoms with van der Waals surface area (Å²) in [5.74, 6) is -1.40. The molecule has 0 fully saturated rings. The Balaban J connectivity index is 2.32. The maximum atomic E-state index is 13.9. The van der Waals surface area contributed by atoms with E-state index >= 15 is 0 Å². The third-order valence-electron chi connectivity index (χ3n) is 3.14. The van der Waals surface area contributed by atoms with Crippen molar-refractivity contribution in [1.29, 1.82) is 0 Å². The van der Waals surface area contributed by atoms with E-state index in [0.717, 1.165) is 11.1 Å². The third-order valence-corrected chi connectivity index (χ3v) is 3.14. The summed E-state index contributed by atoms with van der Waals surface area (Å²) in [4.78, 5) is 12.5. The van der Waals surface area contributed by atoms with Gasteiger partial charge in [-0.25, -0.2) is 4.39 Å². The molecule has 0 aliphatic carbocycles. The number of aliphatic carboxylic acids is 1. The smallest absolute Gasteiger partial charge is 0.323 e. The lowest BCUT2D eigenvalue weighted by Gasteiger charge is -2.24. The highest BCUT2D eigenvalue weighted by Crippen LogP contribution is 2.21. The third kappa shape index (κ3) is 3.35. The molecule has 0 amide bonds. The Labute approximate surface area is 117 Å². The van der Waals surface area contributed by atoms with Crippen LogP contribution in [0.15, 0.2) is 48.5 Å². The van der Waals surface area contributed by atoms with Crippen molar-refractivity contribution in [3.8, 4) is 0 Å². The van der Waals surface area contributed by atoms with Gasteiger partial charge in [-0.1, -0.05) is 36.4 Å². The molecule has 0 atom stereocenters. The lowest BCUT2D eigenvalue weighted by molar-refractivity contribution is -0.135. The van der Waals surface area contributed by atoms with Crippen molar-refractivity contribution in [3.63, 3.8) is 0 Å². The quantitative estimate of drug-likeness (QED) is 0.909. The van der Waals surface area contributed by atoms with Gasteiger partial charge in [0.1, 0.15) is 12.4 Å². The lowest BCUT2D eigenvalue weighted by atomic mass is 10.1. The van der Waals surface area contributed by atoms with Crippen molar-refractivity contribution in [2.75, 3.05) is 11.4 Å². The molecule has 0 heterocycles. The highest BCUT2D eigenvalue weighted by atomic mass is 19.1. The maximum Gasteiger partial charge on any atom is 0.323 e. The Morgan fingerprint density at radius 1 is 1.15 bits per heavy atom. The summed E-state index contributed by atoms with van der Waals surface area (Å²) in [6.45, 7) is 2.07. The molecule has 0 spiro atoms. The van der Waals surface area contributed by atoms with Crippen molar-refractivity contribution < 1.29 is 14.3 Å². The Morgan fingerprint density at radius 2 is 1.80 bits per heavy atom. The van der Waals surface area contributed by atoms with Crippen molar-refractivity contribution in [3.05, 3.63) is 65.5 Å². The molecule has 1 N–H and O–H groups in total. The van der Waals surface area contributed by atoms with Crippen LogP contribution in [0.4, 0.5) is 10.1 Å². The second-order valence-electron chi connectivity index (χ2n) is 4.63. The molecule has 0 saturated carbocycles. The molecule has 0 aliphatic rings. The molecule has 0 radical (unpaired) electrons. The molecule has 20 heavy (non-hydrogen) atoms. The van der Waals surface area contributed by atoms with Gasteiger partial charge >= 0.3 is 5.97 Å². The summed E-state index contributed by atoms with van der Waals surface area (Å²) in [5, 5.41) is 9.02. The molecular formula is C16H16FNO2. The monoisotopic (exact) mass is 273 g/mol. The summed E-state index contributed by atoms with van der Waals surface area (Å²) >= 11 is 0. The van der Waals surface area contributed by atoms with Crippen LogP contribution in [0.2, 0.25) is 0 Å². The number of halogens is 1. The SMILES string of the molecule is Cc1ccccc1CN(CC(=O)O)c1ccccc1F. The predicted octanol–water partition coefficient (Wildman–Crippen LogP) is 3.23.